The van der Waals surface area contributed by atoms with Gasteiger partial charge in [-0.1, -0.05) is 0 Å². The lowest BCUT2D eigenvalue weighted by atomic mass is 10.2. The molecule has 0 aliphatic rings. The molecule has 2 aromatic carbocycles. The quantitative estimate of drug-likeness (QED) is 0.487. The fourth-order valence-electron chi connectivity index (χ4n) is 2.07. The van der Waals surface area contributed by atoms with Crippen molar-refractivity contribution in [1.29, 1.82) is 0 Å². The highest BCUT2D eigenvalue weighted by Gasteiger charge is 2.14. The Morgan fingerprint density at radius 3 is 2.52 bits per heavy atom. The van der Waals surface area contributed by atoms with Crippen LogP contribution in [0.2, 0.25) is 0 Å². The number of nitrogens with one attached hydrogen (secondary N) is 1. The van der Waals surface area contributed by atoms with Crippen LogP contribution in [-0.2, 0) is 4.79 Å². The maximum atomic E-state index is 12.1. The zero-order chi connectivity index (χ0) is 18.2. The number of amides is 1. The third-order valence-electron chi connectivity index (χ3n) is 3.19. The van der Waals surface area contributed by atoms with E-state index < -0.39 is 0 Å². The largest absolute Gasteiger partial charge is 0.497 e. The summed E-state index contributed by atoms with van der Waals surface area (Å²) in [5.41, 5.74) is 1.13. The molecule has 0 unspecified atom stereocenters. The number of hydrogen-bond acceptors (Lipinski definition) is 5. The van der Waals surface area contributed by atoms with Crippen molar-refractivity contribution in [3.05, 3.63) is 45.5 Å². The Kier molecular flexibility index (Phi) is 7.05. The monoisotopic (exact) mass is 455 g/mol. The average Bonchev–Trinajstić information content (AvgIpc) is 2.61. The predicted molar refractivity (Wildman–Crippen MR) is 103 cm³/mol. The Bertz CT molecular complexity index is 746. The van der Waals surface area contributed by atoms with Crippen molar-refractivity contribution >= 4 is 40.5 Å². The van der Waals surface area contributed by atoms with Gasteiger partial charge in [0.25, 0.3) is 5.91 Å². The van der Waals surface area contributed by atoms with E-state index in [2.05, 4.69) is 5.32 Å². The Morgan fingerprint density at radius 2 is 1.92 bits per heavy atom. The molecule has 0 spiro atoms. The number of benzene rings is 2. The number of anilines is 1. The van der Waals surface area contributed by atoms with E-state index in [0.29, 0.717) is 38.7 Å². The number of rotatable bonds is 8. The zero-order valence-corrected chi connectivity index (χ0v) is 16.0. The molecule has 0 aromatic heterocycles. The molecule has 0 saturated carbocycles. The minimum absolute atomic E-state index is 0.178. The topological polar surface area (TPSA) is 73.9 Å². The second kappa shape index (κ2) is 9.26. The van der Waals surface area contributed by atoms with E-state index in [0.717, 1.165) is 6.29 Å². The van der Waals surface area contributed by atoms with Crippen LogP contribution in [-0.4, -0.2) is 32.5 Å². The van der Waals surface area contributed by atoms with Crippen molar-refractivity contribution in [3.8, 4) is 17.2 Å². The number of carbonyl (C=O) groups is 2. The Hall–Kier alpha value is -2.29. The first-order valence-corrected chi connectivity index (χ1v) is 8.63. The molecule has 0 bridgehead atoms. The summed E-state index contributed by atoms with van der Waals surface area (Å²) in [6.07, 6.45) is 0.741. The molecule has 2 rings (SSSR count). The molecule has 132 valence electrons. The molecule has 0 saturated heterocycles. The molecule has 0 aliphatic heterocycles. The van der Waals surface area contributed by atoms with Gasteiger partial charge in [-0.25, -0.2) is 0 Å². The van der Waals surface area contributed by atoms with Gasteiger partial charge in [-0.15, -0.1) is 0 Å². The van der Waals surface area contributed by atoms with Gasteiger partial charge in [0.05, 0.1) is 17.3 Å². The first kappa shape index (κ1) is 19.0. The standard InChI is InChI=1S/C18H18INO5/c1-3-24-16-9-12(10-21)8-15(19)18(16)25-11-17(22)20-13-4-6-14(23-2)7-5-13/h4-10H,3,11H2,1-2H3,(H,20,22). The number of carbonyl (C=O) groups excluding carboxylic acids is 2. The van der Waals surface area contributed by atoms with E-state index in [9.17, 15) is 9.59 Å². The van der Waals surface area contributed by atoms with Gasteiger partial charge in [-0.05, 0) is 65.9 Å². The SMILES string of the molecule is CCOc1cc(C=O)cc(I)c1OCC(=O)Nc1ccc(OC)cc1. The summed E-state index contributed by atoms with van der Waals surface area (Å²) in [6, 6.07) is 10.3. The smallest absolute Gasteiger partial charge is 0.262 e. The zero-order valence-electron chi connectivity index (χ0n) is 13.9. The van der Waals surface area contributed by atoms with Crippen LogP contribution in [0.1, 0.15) is 17.3 Å². The van der Waals surface area contributed by atoms with Gasteiger partial charge in [0.2, 0.25) is 0 Å². The minimum atomic E-state index is -0.303. The fraction of sp³-hybridized carbons (Fsp3) is 0.222. The molecular weight excluding hydrogens is 437 g/mol. The molecule has 0 heterocycles. The van der Waals surface area contributed by atoms with Crippen molar-refractivity contribution in [2.75, 3.05) is 25.6 Å². The highest BCUT2D eigenvalue weighted by molar-refractivity contribution is 14.1. The first-order valence-electron chi connectivity index (χ1n) is 7.55. The van der Waals surface area contributed by atoms with Crippen LogP contribution >= 0.6 is 22.6 Å². The predicted octanol–water partition coefficient (Wildman–Crippen LogP) is 3.53. The maximum absolute atomic E-state index is 12.1. The van der Waals surface area contributed by atoms with E-state index >= 15 is 0 Å². The third kappa shape index (κ3) is 5.35. The van der Waals surface area contributed by atoms with Crippen LogP contribution in [0.15, 0.2) is 36.4 Å². The lowest BCUT2D eigenvalue weighted by molar-refractivity contribution is -0.118. The van der Waals surface area contributed by atoms with E-state index in [1.807, 2.05) is 29.5 Å². The summed E-state index contributed by atoms with van der Waals surface area (Å²) in [5.74, 6) is 1.29. The summed E-state index contributed by atoms with van der Waals surface area (Å²) in [7, 11) is 1.58. The normalized spacial score (nSPS) is 10.0. The minimum Gasteiger partial charge on any atom is -0.497 e. The number of halogens is 1. The van der Waals surface area contributed by atoms with Crippen LogP contribution in [0, 0.1) is 3.57 Å². The van der Waals surface area contributed by atoms with Crippen LogP contribution in [0.3, 0.4) is 0 Å². The number of methoxy groups -OCH3 is 1. The maximum Gasteiger partial charge on any atom is 0.262 e. The van der Waals surface area contributed by atoms with Crippen molar-refractivity contribution in [2.45, 2.75) is 6.92 Å². The van der Waals surface area contributed by atoms with Gasteiger partial charge in [0, 0.05) is 11.3 Å². The molecule has 2 aromatic rings. The highest BCUT2D eigenvalue weighted by Crippen LogP contribution is 2.33. The summed E-state index contributed by atoms with van der Waals surface area (Å²) in [4.78, 5) is 23.0. The summed E-state index contributed by atoms with van der Waals surface area (Å²) in [6.45, 7) is 2.08. The van der Waals surface area contributed by atoms with Crippen molar-refractivity contribution in [1.82, 2.24) is 0 Å². The van der Waals surface area contributed by atoms with Gasteiger partial charge in [0.1, 0.15) is 12.0 Å². The molecule has 6 nitrogen and oxygen atoms in total. The molecule has 0 aliphatic carbocycles. The van der Waals surface area contributed by atoms with Gasteiger partial charge in [-0.2, -0.15) is 0 Å². The molecule has 1 amide bonds. The van der Waals surface area contributed by atoms with Crippen molar-refractivity contribution < 1.29 is 23.8 Å². The van der Waals surface area contributed by atoms with E-state index in [-0.39, 0.29) is 12.5 Å². The summed E-state index contributed by atoms with van der Waals surface area (Å²) in [5, 5.41) is 2.74. The third-order valence-corrected chi connectivity index (χ3v) is 3.99. The van der Waals surface area contributed by atoms with E-state index in [1.165, 1.54) is 0 Å². The average molecular weight is 455 g/mol. The molecule has 1 N–H and O–H groups in total. The van der Waals surface area contributed by atoms with E-state index in [4.69, 9.17) is 14.2 Å². The number of ether oxygens (including phenoxy) is 3. The number of hydrogen-bond donors (Lipinski definition) is 1. The van der Waals surface area contributed by atoms with E-state index in [1.54, 1.807) is 43.5 Å². The van der Waals surface area contributed by atoms with Crippen LogP contribution in [0.4, 0.5) is 5.69 Å². The lowest BCUT2D eigenvalue weighted by Gasteiger charge is -2.14. The molecule has 7 heteroatoms. The molecule has 0 fully saturated rings. The van der Waals surface area contributed by atoms with Gasteiger partial charge in [0.15, 0.2) is 18.1 Å². The Balaban J connectivity index is 2.04. The molecule has 0 radical (unpaired) electrons. The first-order chi connectivity index (χ1) is 12.1. The fourth-order valence-corrected chi connectivity index (χ4v) is 2.85. The number of aldehydes is 1. The lowest BCUT2D eigenvalue weighted by Crippen LogP contribution is -2.20. The van der Waals surface area contributed by atoms with Crippen molar-refractivity contribution in [3.63, 3.8) is 0 Å². The van der Waals surface area contributed by atoms with Crippen molar-refractivity contribution in [2.24, 2.45) is 0 Å². The Labute approximate surface area is 159 Å². The van der Waals surface area contributed by atoms with Crippen LogP contribution in [0.25, 0.3) is 0 Å². The van der Waals surface area contributed by atoms with Gasteiger partial charge < -0.3 is 19.5 Å². The summed E-state index contributed by atoms with van der Waals surface area (Å²) >= 11 is 2.04. The van der Waals surface area contributed by atoms with Crippen LogP contribution in [0.5, 0.6) is 17.2 Å². The Morgan fingerprint density at radius 1 is 1.20 bits per heavy atom. The van der Waals surface area contributed by atoms with Gasteiger partial charge in [-0.3, -0.25) is 9.59 Å². The highest BCUT2D eigenvalue weighted by atomic mass is 127. The molecule has 25 heavy (non-hydrogen) atoms. The second-order valence-corrected chi connectivity index (χ2v) is 6.11. The second-order valence-electron chi connectivity index (χ2n) is 4.95. The van der Waals surface area contributed by atoms with Gasteiger partial charge >= 0.3 is 0 Å². The summed E-state index contributed by atoms with van der Waals surface area (Å²) < 4.78 is 16.9. The molecule has 0 atom stereocenters. The van der Waals surface area contributed by atoms with Crippen LogP contribution < -0.4 is 19.5 Å². The molecular formula is C18H18INO5.